The van der Waals surface area contributed by atoms with E-state index >= 15 is 0 Å². The van der Waals surface area contributed by atoms with E-state index in [2.05, 4.69) is 93.7 Å². The Labute approximate surface area is 387 Å². The number of ether oxygens (including phenoxy) is 3. The molecule has 0 saturated carbocycles. The van der Waals surface area contributed by atoms with Crippen LogP contribution in [0.4, 0.5) is 0 Å². The minimum Gasteiger partial charge on any atom is -0.462 e. The van der Waals surface area contributed by atoms with Crippen molar-refractivity contribution in [3.8, 4) is 0 Å². The molecule has 0 heterocycles. The Hall–Kier alpha value is -3.93. The molecule has 0 fully saturated rings. The Morgan fingerprint density at radius 3 is 1.11 bits per heavy atom. The number of esters is 3. The van der Waals surface area contributed by atoms with Gasteiger partial charge < -0.3 is 14.2 Å². The topological polar surface area (TPSA) is 78.9 Å². The lowest BCUT2D eigenvalue weighted by molar-refractivity contribution is -0.167. The molecule has 0 aromatic carbocycles. The molecule has 63 heavy (non-hydrogen) atoms. The Bertz CT molecular complexity index is 1330. The minimum atomic E-state index is -0.805. The summed E-state index contributed by atoms with van der Waals surface area (Å²) in [7, 11) is 0. The average Bonchev–Trinajstić information content (AvgIpc) is 3.28. The zero-order valence-corrected chi connectivity index (χ0v) is 40.5. The van der Waals surface area contributed by atoms with Crippen molar-refractivity contribution in [3.05, 3.63) is 109 Å². The molecule has 6 heteroatoms. The summed E-state index contributed by atoms with van der Waals surface area (Å²) in [5, 5.41) is 0. The monoisotopic (exact) mass is 873 g/mol. The molecule has 1 unspecified atom stereocenters. The summed E-state index contributed by atoms with van der Waals surface area (Å²) in [5.74, 6) is -0.968. The van der Waals surface area contributed by atoms with E-state index in [4.69, 9.17) is 14.2 Å². The second-order valence-electron chi connectivity index (χ2n) is 16.5. The Kier molecular flexibility index (Phi) is 47.5. The van der Waals surface area contributed by atoms with Gasteiger partial charge in [0.1, 0.15) is 13.2 Å². The molecule has 1 atom stereocenters. The highest BCUT2D eigenvalue weighted by molar-refractivity contribution is 5.71. The normalized spacial score (nSPS) is 13.0. The molecule has 0 amide bonds. The molecule has 0 radical (unpaired) electrons. The fourth-order valence-electron chi connectivity index (χ4n) is 6.60. The largest absolute Gasteiger partial charge is 0.462 e. The first kappa shape index (κ1) is 59.1. The molecule has 0 saturated heterocycles. The molecule has 0 spiro atoms. The van der Waals surface area contributed by atoms with Crippen molar-refractivity contribution < 1.29 is 28.6 Å². The van der Waals surface area contributed by atoms with Crippen LogP contribution in [-0.2, 0) is 28.6 Å². The third-order valence-electron chi connectivity index (χ3n) is 10.4. The third kappa shape index (κ3) is 49.0. The predicted molar refractivity (Wildman–Crippen MR) is 270 cm³/mol. The first-order valence-electron chi connectivity index (χ1n) is 25.5. The van der Waals surface area contributed by atoms with Gasteiger partial charge in [0, 0.05) is 19.3 Å². The zero-order chi connectivity index (χ0) is 45.8. The van der Waals surface area contributed by atoms with Gasteiger partial charge in [-0.05, 0) is 89.9 Å². The van der Waals surface area contributed by atoms with Gasteiger partial charge in [-0.2, -0.15) is 0 Å². The first-order valence-corrected chi connectivity index (χ1v) is 25.5. The summed E-state index contributed by atoms with van der Waals surface area (Å²) < 4.78 is 16.7. The van der Waals surface area contributed by atoms with Crippen molar-refractivity contribution in [3.63, 3.8) is 0 Å². The highest BCUT2D eigenvalue weighted by Gasteiger charge is 2.19. The Balaban J connectivity index is 4.48. The van der Waals surface area contributed by atoms with Gasteiger partial charge in [-0.25, -0.2) is 0 Å². The predicted octanol–water partition coefficient (Wildman–Crippen LogP) is 16.8. The van der Waals surface area contributed by atoms with E-state index in [9.17, 15) is 14.4 Å². The second kappa shape index (κ2) is 50.7. The molecule has 0 aromatic heterocycles. The fourth-order valence-corrected chi connectivity index (χ4v) is 6.60. The molecule has 0 aliphatic heterocycles. The van der Waals surface area contributed by atoms with Crippen molar-refractivity contribution in [2.75, 3.05) is 13.2 Å². The maximum Gasteiger partial charge on any atom is 0.306 e. The first-order chi connectivity index (χ1) is 31.0. The zero-order valence-electron chi connectivity index (χ0n) is 40.5. The number of hydrogen-bond acceptors (Lipinski definition) is 6. The summed E-state index contributed by atoms with van der Waals surface area (Å²) in [4.78, 5) is 38.0. The number of unbranched alkanes of at least 4 members (excludes halogenated alkanes) is 20. The van der Waals surface area contributed by atoms with Crippen LogP contribution >= 0.6 is 0 Å². The highest BCUT2D eigenvalue weighted by atomic mass is 16.6. The highest BCUT2D eigenvalue weighted by Crippen LogP contribution is 2.14. The lowest BCUT2D eigenvalue weighted by Crippen LogP contribution is -2.30. The summed E-state index contributed by atoms with van der Waals surface area (Å²) >= 11 is 0. The van der Waals surface area contributed by atoms with E-state index in [1.807, 2.05) is 36.5 Å². The molecule has 356 valence electrons. The number of hydrogen-bond donors (Lipinski definition) is 0. The average molecular weight is 873 g/mol. The van der Waals surface area contributed by atoms with Crippen LogP contribution in [-0.4, -0.2) is 37.2 Å². The quantitative estimate of drug-likeness (QED) is 0.0199. The van der Waals surface area contributed by atoms with E-state index in [0.717, 1.165) is 103 Å². The Morgan fingerprint density at radius 2 is 0.683 bits per heavy atom. The third-order valence-corrected chi connectivity index (χ3v) is 10.4. The van der Waals surface area contributed by atoms with Gasteiger partial charge in [-0.3, -0.25) is 14.4 Å². The van der Waals surface area contributed by atoms with E-state index in [1.165, 1.54) is 70.6 Å². The van der Waals surface area contributed by atoms with Crippen LogP contribution in [0.25, 0.3) is 0 Å². The lowest BCUT2D eigenvalue weighted by Gasteiger charge is -2.18. The van der Waals surface area contributed by atoms with Gasteiger partial charge in [0.25, 0.3) is 0 Å². The molecule has 0 rings (SSSR count). The van der Waals surface area contributed by atoms with Gasteiger partial charge in [0.05, 0.1) is 0 Å². The van der Waals surface area contributed by atoms with Crippen molar-refractivity contribution >= 4 is 17.9 Å². The maximum atomic E-state index is 12.8. The summed E-state index contributed by atoms with van der Waals surface area (Å²) in [6, 6.07) is 0. The summed E-state index contributed by atoms with van der Waals surface area (Å²) in [6.07, 6.45) is 67.8. The van der Waals surface area contributed by atoms with E-state index in [1.54, 1.807) is 0 Å². The number of carbonyl (C=O) groups is 3. The maximum absolute atomic E-state index is 12.8. The van der Waals surface area contributed by atoms with Crippen LogP contribution in [0.3, 0.4) is 0 Å². The second-order valence-corrected chi connectivity index (χ2v) is 16.5. The van der Waals surface area contributed by atoms with E-state index < -0.39 is 6.10 Å². The molecule has 6 nitrogen and oxygen atoms in total. The molecule has 0 aliphatic carbocycles. The van der Waals surface area contributed by atoms with Gasteiger partial charge >= 0.3 is 17.9 Å². The van der Waals surface area contributed by atoms with Crippen molar-refractivity contribution in [1.82, 2.24) is 0 Å². The lowest BCUT2D eigenvalue weighted by atomic mass is 10.1. The standard InChI is InChI=1S/C57H92O6/c1-4-7-10-13-16-19-22-25-27-28-30-32-35-38-41-44-47-50-56(59)62-53-54(52-61-55(58)49-46-43-40-37-34-31-24-21-18-15-12-9-6-3)63-57(60)51-48-45-42-39-36-33-29-26-23-20-17-14-11-8-5-2/h8-9,11-12,14-21,23-25,27,31,34,54H,4-7,10,13,22,26,28-30,32-33,35-53H2,1-3H3/b11-8+,12-9+,17-14+,18-15+,19-16+,23-20+,24-21+,27-25+,34-31+. The van der Waals surface area contributed by atoms with Crippen LogP contribution in [0, 0.1) is 0 Å². The smallest absolute Gasteiger partial charge is 0.306 e. The van der Waals surface area contributed by atoms with Crippen LogP contribution in [0.2, 0.25) is 0 Å². The number of rotatable bonds is 44. The van der Waals surface area contributed by atoms with Crippen molar-refractivity contribution in [1.29, 1.82) is 0 Å². The molecule has 0 N–H and O–H groups in total. The van der Waals surface area contributed by atoms with Crippen LogP contribution in [0.1, 0.15) is 213 Å². The molecule has 0 aliphatic rings. The van der Waals surface area contributed by atoms with E-state index in [-0.39, 0.29) is 31.1 Å². The molecular formula is C57H92O6. The SMILES string of the molecule is CC/C=C/C=C/C=C/C=C/CCCCCC(=O)OCC(COC(=O)CCCCCCCCC/C=C/C/C=C/CCCCC)OC(=O)CCCCCCCCC/C=C/C=C/C=C/CC. The van der Waals surface area contributed by atoms with Crippen molar-refractivity contribution in [2.24, 2.45) is 0 Å². The molecule has 0 bridgehead atoms. The van der Waals surface area contributed by atoms with Gasteiger partial charge in [0.15, 0.2) is 6.10 Å². The summed E-state index contributed by atoms with van der Waals surface area (Å²) in [5.41, 5.74) is 0. The van der Waals surface area contributed by atoms with Gasteiger partial charge in [-0.1, -0.05) is 214 Å². The molecular weight excluding hydrogens is 781 g/mol. The van der Waals surface area contributed by atoms with Crippen molar-refractivity contribution in [2.45, 2.75) is 219 Å². The number of allylic oxidation sites excluding steroid dienone is 18. The Morgan fingerprint density at radius 1 is 0.349 bits per heavy atom. The van der Waals surface area contributed by atoms with Crippen LogP contribution < -0.4 is 0 Å². The van der Waals surface area contributed by atoms with Crippen LogP contribution in [0.5, 0.6) is 0 Å². The fraction of sp³-hybridized carbons (Fsp3) is 0.632. The van der Waals surface area contributed by atoms with Gasteiger partial charge in [0.2, 0.25) is 0 Å². The molecule has 0 aromatic rings. The van der Waals surface area contributed by atoms with Crippen LogP contribution in [0.15, 0.2) is 109 Å². The van der Waals surface area contributed by atoms with Gasteiger partial charge in [-0.15, -0.1) is 0 Å². The number of carbonyl (C=O) groups excluding carboxylic acids is 3. The summed E-state index contributed by atoms with van der Waals surface area (Å²) in [6.45, 7) is 6.28. The minimum absolute atomic E-state index is 0.102. The van der Waals surface area contributed by atoms with E-state index in [0.29, 0.717) is 19.3 Å².